The number of aromatic nitrogens is 2. The fourth-order valence-electron chi connectivity index (χ4n) is 3.53. The Bertz CT molecular complexity index is 658. The third-order valence-corrected chi connectivity index (χ3v) is 5.85. The van der Waals surface area contributed by atoms with Gasteiger partial charge in [-0.05, 0) is 31.2 Å². The first kappa shape index (κ1) is 13.5. The number of piperazine rings is 1. The maximum Gasteiger partial charge on any atom is 0.141 e. The van der Waals surface area contributed by atoms with Crippen LogP contribution in [0.5, 0.6) is 0 Å². The molecule has 0 radical (unpaired) electrons. The van der Waals surface area contributed by atoms with Crippen molar-refractivity contribution in [3.05, 3.63) is 16.3 Å². The van der Waals surface area contributed by atoms with Crippen LogP contribution < -0.4 is 10.2 Å². The number of nitrogens with two attached hydrogens (primary N) is 1. The Balaban J connectivity index is 1.90. The van der Waals surface area contributed by atoms with Gasteiger partial charge in [0.2, 0.25) is 0 Å². The topological polar surface area (TPSA) is 45.6 Å². The van der Waals surface area contributed by atoms with E-state index in [1.165, 1.54) is 54.8 Å². The van der Waals surface area contributed by atoms with Crippen molar-refractivity contribution in [2.75, 3.05) is 31.1 Å². The molecule has 0 aromatic carbocycles. The summed E-state index contributed by atoms with van der Waals surface area (Å²) in [7, 11) is 0. The monoisotopic (exact) mass is 303 g/mol. The Kier molecular flexibility index (Phi) is 3.55. The van der Waals surface area contributed by atoms with Crippen molar-refractivity contribution < 1.29 is 5.32 Å². The smallest absolute Gasteiger partial charge is 0.141 e. The van der Waals surface area contributed by atoms with E-state index in [4.69, 9.17) is 9.97 Å². The third kappa shape index (κ3) is 2.32. The Hall–Kier alpha value is -1.20. The number of nitrogens with zero attached hydrogens (tertiary/aromatic N) is 3. The number of hydrogen-bond donors (Lipinski definition) is 1. The van der Waals surface area contributed by atoms with Crippen LogP contribution in [0.15, 0.2) is 0 Å². The summed E-state index contributed by atoms with van der Waals surface area (Å²) in [5, 5.41) is 3.78. The molecular formula is C16H23N4S+. The molecule has 2 N–H and O–H groups in total. The van der Waals surface area contributed by atoms with E-state index in [2.05, 4.69) is 17.1 Å². The first-order valence-electron chi connectivity index (χ1n) is 8.24. The van der Waals surface area contributed by atoms with Crippen LogP contribution in [0.2, 0.25) is 0 Å². The van der Waals surface area contributed by atoms with E-state index in [1.807, 2.05) is 11.3 Å². The van der Waals surface area contributed by atoms with Gasteiger partial charge in [0.25, 0.3) is 0 Å². The van der Waals surface area contributed by atoms with Gasteiger partial charge in [0, 0.05) is 11.3 Å². The first-order chi connectivity index (χ1) is 10.4. The second kappa shape index (κ2) is 5.54. The maximum absolute atomic E-state index is 4.93. The summed E-state index contributed by atoms with van der Waals surface area (Å²) in [5.74, 6) is 2.23. The molecule has 0 bridgehead atoms. The van der Waals surface area contributed by atoms with Crippen LogP contribution in [-0.2, 0) is 19.3 Å². The standard InChI is InChI=1S/C16H22N4S/c1-2-13-18-15(20-9-7-17-8-10-20)14-11-5-3-4-6-12(11)21-16(14)19-13/h17H,2-10H2,1H3/p+1. The van der Waals surface area contributed by atoms with E-state index in [0.29, 0.717) is 0 Å². The number of hydrogen-bond acceptors (Lipinski definition) is 4. The lowest BCUT2D eigenvalue weighted by molar-refractivity contribution is -0.655. The van der Waals surface area contributed by atoms with E-state index < -0.39 is 0 Å². The van der Waals surface area contributed by atoms with Gasteiger partial charge in [-0.1, -0.05) is 6.92 Å². The first-order valence-corrected chi connectivity index (χ1v) is 9.06. The molecule has 21 heavy (non-hydrogen) atoms. The van der Waals surface area contributed by atoms with Crippen LogP contribution >= 0.6 is 11.3 Å². The molecule has 1 fully saturated rings. The molecule has 0 unspecified atom stereocenters. The van der Waals surface area contributed by atoms with E-state index in [9.17, 15) is 0 Å². The molecule has 0 amide bonds. The lowest BCUT2D eigenvalue weighted by Crippen LogP contribution is -2.89. The summed E-state index contributed by atoms with van der Waals surface area (Å²) in [4.78, 5) is 15.1. The maximum atomic E-state index is 4.93. The lowest BCUT2D eigenvalue weighted by atomic mass is 9.97. The number of quaternary nitrogens is 1. The summed E-state index contributed by atoms with van der Waals surface area (Å²) in [6.07, 6.45) is 6.04. The average Bonchev–Trinajstić information content (AvgIpc) is 2.93. The second-order valence-electron chi connectivity index (χ2n) is 6.06. The lowest BCUT2D eigenvalue weighted by Gasteiger charge is -2.27. The van der Waals surface area contributed by atoms with E-state index in [-0.39, 0.29) is 0 Å². The van der Waals surface area contributed by atoms with Gasteiger partial charge in [-0.2, -0.15) is 0 Å². The highest BCUT2D eigenvalue weighted by molar-refractivity contribution is 7.19. The zero-order valence-corrected chi connectivity index (χ0v) is 13.5. The van der Waals surface area contributed by atoms with Crippen molar-refractivity contribution in [2.24, 2.45) is 0 Å². The van der Waals surface area contributed by atoms with Crippen molar-refractivity contribution in [3.8, 4) is 0 Å². The van der Waals surface area contributed by atoms with Crippen molar-refractivity contribution in [2.45, 2.75) is 39.0 Å². The largest absolute Gasteiger partial charge is 0.345 e. The highest BCUT2D eigenvalue weighted by Gasteiger charge is 2.24. The fourth-order valence-corrected chi connectivity index (χ4v) is 4.81. The normalized spacial score (nSPS) is 19.0. The van der Waals surface area contributed by atoms with Crippen molar-refractivity contribution in [3.63, 3.8) is 0 Å². The Morgan fingerprint density at radius 3 is 2.76 bits per heavy atom. The van der Waals surface area contributed by atoms with E-state index in [1.54, 1.807) is 10.4 Å². The van der Waals surface area contributed by atoms with Crippen LogP contribution in [0, 0.1) is 0 Å². The Morgan fingerprint density at radius 2 is 1.95 bits per heavy atom. The van der Waals surface area contributed by atoms with Gasteiger partial charge in [-0.3, -0.25) is 0 Å². The summed E-state index contributed by atoms with van der Waals surface area (Å²) in [5.41, 5.74) is 1.56. The number of thiophene rings is 1. The van der Waals surface area contributed by atoms with Gasteiger partial charge >= 0.3 is 0 Å². The molecule has 1 saturated heterocycles. The second-order valence-corrected chi connectivity index (χ2v) is 7.14. The van der Waals surface area contributed by atoms with Crippen LogP contribution in [0.4, 0.5) is 5.82 Å². The van der Waals surface area contributed by atoms with Crippen LogP contribution in [0.1, 0.15) is 36.0 Å². The molecule has 112 valence electrons. The summed E-state index contributed by atoms with van der Waals surface area (Å²) >= 11 is 1.92. The minimum Gasteiger partial charge on any atom is -0.345 e. The summed E-state index contributed by atoms with van der Waals surface area (Å²) in [6.45, 7) is 6.74. The molecule has 2 aromatic heterocycles. The SMILES string of the molecule is CCc1nc(N2CC[NH2+]CC2)c2c3c(sc2n1)CCCC3. The van der Waals surface area contributed by atoms with Crippen LogP contribution in [0.25, 0.3) is 10.2 Å². The molecule has 2 aromatic rings. The van der Waals surface area contributed by atoms with E-state index >= 15 is 0 Å². The Morgan fingerprint density at radius 1 is 1.14 bits per heavy atom. The molecule has 3 heterocycles. The molecular weight excluding hydrogens is 280 g/mol. The number of fused-ring (bicyclic) bond motifs is 3. The van der Waals surface area contributed by atoms with Crippen molar-refractivity contribution in [1.82, 2.24) is 9.97 Å². The van der Waals surface area contributed by atoms with Gasteiger partial charge < -0.3 is 10.2 Å². The third-order valence-electron chi connectivity index (χ3n) is 4.66. The van der Waals surface area contributed by atoms with Gasteiger partial charge in [0.15, 0.2) is 0 Å². The predicted octanol–water partition coefficient (Wildman–Crippen LogP) is 1.52. The van der Waals surface area contributed by atoms with Crippen molar-refractivity contribution >= 4 is 27.4 Å². The average molecular weight is 303 g/mol. The molecule has 4 rings (SSSR count). The molecule has 2 aliphatic rings. The zero-order chi connectivity index (χ0) is 14.2. The molecule has 5 heteroatoms. The molecule has 0 atom stereocenters. The molecule has 0 spiro atoms. The van der Waals surface area contributed by atoms with Crippen LogP contribution in [0.3, 0.4) is 0 Å². The highest BCUT2D eigenvalue weighted by Crippen LogP contribution is 2.39. The van der Waals surface area contributed by atoms with Crippen molar-refractivity contribution in [1.29, 1.82) is 0 Å². The van der Waals surface area contributed by atoms with Gasteiger partial charge in [-0.25, -0.2) is 9.97 Å². The summed E-state index contributed by atoms with van der Waals surface area (Å²) < 4.78 is 0. The predicted molar refractivity (Wildman–Crippen MR) is 87.3 cm³/mol. The Labute approximate surface area is 129 Å². The number of anilines is 1. The fraction of sp³-hybridized carbons (Fsp3) is 0.625. The van der Waals surface area contributed by atoms with Gasteiger partial charge in [0.05, 0.1) is 31.6 Å². The molecule has 1 aliphatic carbocycles. The highest BCUT2D eigenvalue weighted by atomic mass is 32.1. The quantitative estimate of drug-likeness (QED) is 0.915. The number of aryl methyl sites for hydroxylation is 3. The number of rotatable bonds is 2. The van der Waals surface area contributed by atoms with E-state index in [0.717, 1.165) is 25.3 Å². The zero-order valence-electron chi connectivity index (χ0n) is 12.7. The van der Waals surface area contributed by atoms with Gasteiger partial charge in [0.1, 0.15) is 16.5 Å². The van der Waals surface area contributed by atoms with Gasteiger partial charge in [-0.15, -0.1) is 11.3 Å². The summed E-state index contributed by atoms with van der Waals surface area (Å²) in [6, 6.07) is 0. The molecule has 0 saturated carbocycles. The molecule has 4 nitrogen and oxygen atoms in total. The minimum absolute atomic E-state index is 0.922. The van der Waals surface area contributed by atoms with Crippen LogP contribution in [-0.4, -0.2) is 36.1 Å². The molecule has 1 aliphatic heterocycles. The minimum atomic E-state index is 0.922.